The molecule has 0 spiro atoms. The topological polar surface area (TPSA) is 43.6 Å². The van der Waals surface area contributed by atoms with E-state index in [-0.39, 0.29) is 0 Å². The van der Waals surface area contributed by atoms with Gasteiger partial charge < -0.3 is 0 Å². The second kappa shape index (κ2) is 5.24. The molecule has 5 heteroatoms. The Hall–Kier alpha value is -2.53. The summed E-state index contributed by atoms with van der Waals surface area (Å²) in [4.78, 5) is 9.41. The summed E-state index contributed by atoms with van der Waals surface area (Å²) >= 11 is 1.75. The Morgan fingerprint density at radius 3 is 3.00 bits per heavy atom. The van der Waals surface area contributed by atoms with Gasteiger partial charge in [0.05, 0.1) is 17.1 Å². The number of hydrogen-bond acceptors (Lipinski definition) is 4. The van der Waals surface area contributed by atoms with Crippen molar-refractivity contribution in [1.29, 1.82) is 0 Å². The van der Waals surface area contributed by atoms with Crippen LogP contribution in [0.1, 0.15) is 23.4 Å². The van der Waals surface area contributed by atoms with Crippen molar-refractivity contribution < 1.29 is 0 Å². The summed E-state index contributed by atoms with van der Waals surface area (Å²) in [5, 5.41) is 8.21. The lowest BCUT2D eigenvalue weighted by molar-refractivity contribution is 0.786. The molecule has 0 saturated heterocycles. The maximum absolute atomic E-state index is 4.89. The predicted octanol–water partition coefficient (Wildman–Crippen LogP) is 4.34. The van der Waals surface area contributed by atoms with Gasteiger partial charge in [0, 0.05) is 27.5 Å². The fraction of sp³-hybridized carbons (Fsp3) is 0.211. The van der Waals surface area contributed by atoms with Crippen LogP contribution in [0.5, 0.6) is 0 Å². The second-order valence-electron chi connectivity index (χ2n) is 6.17. The van der Waals surface area contributed by atoms with E-state index in [2.05, 4.69) is 22.5 Å². The zero-order valence-corrected chi connectivity index (χ0v) is 14.2. The number of hydrogen-bond donors (Lipinski definition) is 0. The lowest BCUT2D eigenvalue weighted by Crippen LogP contribution is -2.05. The molecule has 4 heterocycles. The summed E-state index contributed by atoms with van der Waals surface area (Å²) in [6.45, 7) is 2.01. The highest BCUT2D eigenvalue weighted by Crippen LogP contribution is 2.37. The largest absolute Gasteiger partial charge is 0.254 e. The van der Waals surface area contributed by atoms with Crippen molar-refractivity contribution in [2.45, 2.75) is 26.2 Å². The minimum Gasteiger partial charge on any atom is -0.254 e. The number of thiophene rings is 1. The van der Waals surface area contributed by atoms with Crippen molar-refractivity contribution >= 4 is 21.4 Å². The molecule has 4 nitrogen and oxygen atoms in total. The zero-order valence-electron chi connectivity index (χ0n) is 13.4. The lowest BCUT2D eigenvalue weighted by atomic mass is 10.1. The van der Waals surface area contributed by atoms with E-state index in [9.17, 15) is 0 Å². The van der Waals surface area contributed by atoms with E-state index in [1.807, 2.05) is 36.0 Å². The van der Waals surface area contributed by atoms with Gasteiger partial charge in [0.15, 0.2) is 5.82 Å². The van der Waals surface area contributed by atoms with E-state index in [0.717, 1.165) is 35.7 Å². The summed E-state index contributed by atoms with van der Waals surface area (Å²) in [5.41, 5.74) is 5.67. The number of fused-ring (bicyclic) bond motifs is 2. The fourth-order valence-electron chi connectivity index (χ4n) is 3.53. The first-order valence-electron chi connectivity index (χ1n) is 8.18. The molecule has 0 N–H and O–H groups in total. The monoisotopic (exact) mass is 332 g/mol. The normalized spacial score (nSPS) is 13.5. The Balaban J connectivity index is 1.83. The standard InChI is InChI=1S/C19H16N4S/c1-12-4-2-7-17(21-12)23-19(13-5-3-6-15(13)22-23)18-14-9-11-24-16(14)8-10-20-18/h2,4,7-11H,3,5-6H2,1H3. The van der Waals surface area contributed by atoms with E-state index in [0.29, 0.717) is 0 Å². The van der Waals surface area contributed by atoms with Gasteiger partial charge in [0.25, 0.3) is 0 Å². The Bertz CT molecular complexity index is 1060. The molecule has 0 amide bonds. The van der Waals surface area contributed by atoms with Gasteiger partial charge in [0.2, 0.25) is 0 Å². The summed E-state index contributed by atoms with van der Waals surface area (Å²) in [5.74, 6) is 0.869. The van der Waals surface area contributed by atoms with Gasteiger partial charge >= 0.3 is 0 Å². The molecule has 118 valence electrons. The highest BCUT2D eigenvalue weighted by molar-refractivity contribution is 7.17. The molecular weight excluding hydrogens is 316 g/mol. The minimum absolute atomic E-state index is 0.869. The third kappa shape index (κ3) is 2.01. The summed E-state index contributed by atoms with van der Waals surface area (Å²) in [6, 6.07) is 10.3. The minimum atomic E-state index is 0.869. The lowest BCUT2D eigenvalue weighted by Gasteiger charge is -2.10. The maximum Gasteiger partial charge on any atom is 0.154 e. The van der Waals surface area contributed by atoms with Gasteiger partial charge in [-0.2, -0.15) is 5.10 Å². The third-order valence-corrected chi connectivity index (χ3v) is 5.48. The number of aryl methyl sites for hydroxylation is 2. The SMILES string of the molecule is Cc1cccc(-n2nc3c(c2-c2nccc4sccc24)CCC3)n1. The van der Waals surface area contributed by atoms with Gasteiger partial charge in [-0.3, -0.25) is 4.98 Å². The molecule has 0 radical (unpaired) electrons. The molecule has 1 aliphatic rings. The molecule has 1 aliphatic carbocycles. The first-order chi connectivity index (χ1) is 11.8. The highest BCUT2D eigenvalue weighted by atomic mass is 32.1. The second-order valence-corrected chi connectivity index (χ2v) is 7.12. The number of aromatic nitrogens is 4. The van der Waals surface area contributed by atoms with Crippen molar-refractivity contribution in [2.75, 3.05) is 0 Å². The zero-order chi connectivity index (χ0) is 16.1. The van der Waals surface area contributed by atoms with Crippen molar-refractivity contribution in [2.24, 2.45) is 0 Å². The van der Waals surface area contributed by atoms with Crippen molar-refractivity contribution in [1.82, 2.24) is 19.7 Å². The molecule has 4 aromatic rings. The first-order valence-corrected chi connectivity index (χ1v) is 9.06. The molecule has 0 atom stereocenters. The molecule has 5 rings (SSSR count). The molecular formula is C19H16N4S. The molecule has 0 aromatic carbocycles. The van der Waals surface area contributed by atoms with Crippen LogP contribution < -0.4 is 0 Å². The van der Waals surface area contributed by atoms with Gasteiger partial charge in [-0.05, 0) is 55.8 Å². The van der Waals surface area contributed by atoms with Gasteiger partial charge in [-0.1, -0.05) is 6.07 Å². The molecule has 0 aliphatic heterocycles. The number of nitrogens with zero attached hydrogens (tertiary/aromatic N) is 4. The van der Waals surface area contributed by atoms with E-state index in [4.69, 9.17) is 10.1 Å². The van der Waals surface area contributed by atoms with Crippen LogP contribution in [0.4, 0.5) is 0 Å². The smallest absolute Gasteiger partial charge is 0.154 e. The van der Waals surface area contributed by atoms with Crippen LogP contribution in [0.3, 0.4) is 0 Å². The van der Waals surface area contributed by atoms with Gasteiger partial charge in [0.1, 0.15) is 0 Å². The Morgan fingerprint density at radius 1 is 1.12 bits per heavy atom. The third-order valence-electron chi connectivity index (χ3n) is 4.60. The molecule has 0 bridgehead atoms. The van der Waals surface area contributed by atoms with Gasteiger partial charge in [-0.25, -0.2) is 9.67 Å². The number of rotatable bonds is 2. The molecule has 24 heavy (non-hydrogen) atoms. The van der Waals surface area contributed by atoms with E-state index >= 15 is 0 Å². The molecule has 0 unspecified atom stereocenters. The highest BCUT2D eigenvalue weighted by Gasteiger charge is 2.26. The van der Waals surface area contributed by atoms with Crippen molar-refractivity contribution in [3.8, 4) is 17.2 Å². The predicted molar refractivity (Wildman–Crippen MR) is 96.7 cm³/mol. The van der Waals surface area contributed by atoms with Crippen LogP contribution in [0, 0.1) is 6.92 Å². The van der Waals surface area contributed by atoms with E-state index < -0.39 is 0 Å². The first kappa shape index (κ1) is 13.9. The quantitative estimate of drug-likeness (QED) is 0.548. The molecule has 0 saturated carbocycles. The average molecular weight is 332 g/mol. The van der Waals surface area contributed by atoms with E-state index in [1.54, 1.807) is 11.3 Å². The summed E-state index contributed by atoms with van der Waals surface area (Å²) in [7, 11) is 0. The Labute approximate surface area is 143 Å². The van der Waals surface area contributed by atoms with Crippen LogP contribution in [-0.2, 0) is 12.8 Å². The number of pyridine rings is 2. The van der Waals surface area contributed by atoms with Crippen LogP contribution in [-0.4, -0.2) is 19.7 Å². The van der Waals surface area contributed by atoms with E-state index in [1.165, 1.54) is 27.8 Å². The van der Waals surface area contributed by atoms with Crippen molar-refractivity contribution in [3.05, 3.63) is 58.9 Å². The summed E-state index contributed by atoms with van der Waals surface area (Å²) in [6.07, 6.45) is 5.18. The van der Waals surface area contributed by atoms with Crippen LogP contribution >= 0.6 is 11.3 Å². The van der Waals surface area contributed by atoms with Gasteiger partial charge in [-0.15, -0.1) is 11.3 Å². The average Bonchev–Trinajstić information content (AvgIpc) is 3.29. The van der Waals surface area contributed by atoms with Crippen LogP contribution in [0.15, 0.2) is 41.9 Å². The molecule has 0 fully saturated rings. The van der Waals surface area contributed by atoms with Crippen molar-refractivity contribution in [3.63, 3.8) is 0 Å². The van der Waals surface area contributed by atoms with Crippen LogP contribution in [0.2, 0.25) is 0 Å². The Kier molecular flexibility index (Phi) is 3.03. The Morgan fingerprint density at radius 2 is 2.08 bits per heavy atom. The summed E-state index contributed by atoms with van der Waals surface area (Å²) < 4.78 is 3.26. The fourth-order valence-corrected chi connectivity index (χ4v) is 4.31. The van der Waals surface area contributed by atoms with Crippen LogP contribution in [0.25, 0.3) is 27.3 Å². The maximum atomic E-state index is 4.89. The molecule has 4 aromatic heterocycles.